The number of aryl methyl sites for hydroxylation is 2. The van der Waals surface area contributed by atoms with Crippen molar-refractivity contribution in [1.82, 2.24) is 14.9 Å². The van der Waals surface area contributed by atoms with Gasteiger partial charge in [-0.15, -0.1) is 0 Å². The van der Waals surface area contributed by atoms with E-state index in [-0.39, 0.29) is 30.0 Å². The predicted molar refractivity (Wildman–Crippen MR) is 194 cm³/mol. The number of aromatic hydroxyl groups is 2. The molecule has 0 saturated carbocycles. The van der Waals surface area contributed by atoms with E-state index in [4.69, 9.17) is 4.98 Å². The highest BCUT2D eigenvalue weighted by Crippen LogP contribution is 2.29. The Morgan fingerprint density at radius 2 is 1.59 bits per heavy atom. The Balaban J connectivity index is 1.11. The zero-order valence-electron chi connectivity index (χ0n) is 28.2. The Bertz CT molecular complexity index is 1890. The number of aromatic nitrogens is 2. The van der Waals surface area contributed by atoms with Gasteiger partial charge in [0.05, 0.1) is 18.1 Å². The molecule has 2 unspecified atom stereocenters. The van der Waals surface area contributed by atoms with E-state index in [0.29, 0.717) is 25.8 Å². The van der Waals surface area contributed by atoms with Gasteiger partial charge in [0, 0.05) is 80.3 Å². The average molecular weight is 660 g/mol. The van der Waals surface area contributed by atoms with E-state index in [0.717, 1.165) is 53.4 Å². The number of rotatable bonds is 12. The number of phenols is 2. The highest BCUT2D eigenvalue weighted by atomic mass is 16.3. The van der Waals surface area contributed by atoms with Gasteiger partial charge < -0.3 is 35.0 Å². The lowest BCUT2D eigenvalue weighted by Gasteiger charge is -2.44. The molecule has 0 aliphatic carbocycles. The van der Waals surface area contributed by atoms with Crippen LogP contribution >= 0.6 is 0 Å². The third kappa shape index (κ3) is 8.61. The van der Waals surface area contributed by atoms with Gasteiger partial charge in [0.25, 0.3) is 0 Å². The van der Waals surface area contributed by atoms with E-state index in [1.54, 1.807) is 30.6 Å². The first kappa shape index (κ1) is 33.6. The van der Waals surface area contributed by atoms with Crippen LogP contribution < -0.4 is 15.1 Å². The molecule has 1 aromatic heterocycles. The van der Waals surface area contributed by atoms with Crippen LogP contribution in [0.1, 0.15) is 35.2 Å². The minimum atomic E-state index is -0.831. The van der Waals surface area contributed by atoms with E-state index in [1.807, 2.05) is 54.0 Å². The summed E-state index contributed by atoms with van der Waals surface area (Å²) in [5, 5.41) is 34.4. The molecule has 9 nitrogen and oxygen atoms in total. The number of carbonyl (C=O) groups excluding carboxylic acids is 1. The Labute approximate surface area is 288 Å². The molecule has 5 aromatic rings. The summed E-state index contributed by atoms with van der Waals surface area (Å²) in [6.45, 7) is 7.07. The van der Waals surface area contributed by atoms with E-state index in [2.05, 4.69) is 52.4 Å². The second kappa shape index (κ2) is 15.3. The maximum atomic E-state index is 13.2. The Morgan fingerprint density at radius 3 is 2.35 bits per heavy atom. The second-order valence-electron chi connectivity index (χ2n) is 13.1. The molecular weight excluding hydrogens is 614 g/mol. The van der Waals surface area contributed by atoms with Crippen LogP contribution in [0.3, 0.4) is 0 Å². The van der Waals surface area contributed by atoms with Crippen molar-refractivity contribution in [2.24, 2.45) is 0 Å². The number of aliphatic hydroxyl groups is 1. The monoisotopic (exact) mass is 659 g/mol. The summed E-state index contributed by atoms with van der Waals surface area (Å²) in [7, 11) is 0. The van der Waals surface area contributed by atoms with Gasteiger partial charge in [-0.2, -0.15) is 0 Å². The number of aliphatic hydroxyl groups excluding tert-OH is 1. The molecular formula is C40H45N5O4. The van der Waals surface area contributed by atoms with E-state index in [1.165, 1.54) is 11.3 Å². The zero-order valence-corrected chi connectivity index (χ0v) is 28.2. The number of nitrogens with one attached hydrogen (secondary N) is 1. The Morgan fingerprint density at radius 1 is 0.878 bits per heavy atom. The third-order valence-corrected chi connectivity index (χ3v) is 9.18. The van der Waals surface area contributed by atoms with Gasteiger partial charge in [0.15, 0.2) is 0 Å². The number of hydrogen-bond acceptors (Lipinski definition) is 7. The molecule has 1 saturated heterocycles. The molecule has 254 valence electrons. The fourth-order valence-corrected chi connectivity index (χ4v) is 6.73. The van der Waals surface area contributed by atoms with E-state index >= 15 is 0 Å². The van der Waals surface area contributed by atoms with Gasteiger partial charge in [-0.05, 0) is 73.9 Å². The maximum absolute atomic E-state index is 13.2. The number of benzene rings is 4. The molecule has 0 radical (unpaired) electrons. The highest BCUT2D eigenvalue weighted by Gasteiger charge is 2.28. The van der Waals surface area contributed by atoms with Crippen LogP contribution in [0.2, 0.25) is 0 Å². The first-order valence-electron chi connectivity index (χ1n) is 16.9. The van der Waals surface area contributed by atoms with Gasteiger partial charge in [-0.1, -0.05) is 54.1 Å². The second-order valence-corrected chi connectivity index (χ2v) is 13.1. The molecule has 49 heavy (non-hydrogen) atoms. The molecule has 0 spiro atoms. The maximum Gasteiger partial charge on any atom is 0.220 e. The van der Waals surface area contributed by atoms with Crippen molar-refractivity contribution in [2.45, 2.75) is 51.8 Å². The van der Waals surface area contributed by atoms with Gasteiger partial charge in [0.1, 0.15) is 11.5 Å². The van der Waals surface area contributed by atoms with E-state index < -0.39 is 6.10 Å². The Hall–Kier alpha value is -5.28. The third-order valence-electron chi connectivity index (χ3n) is 9.18. The quantitative estimate of drug-likeness (QED) is 0.134. The van der Waals surface area contributed by atoms with Gasteiger partial charge in [0.2, 0.25) is 5.91 Å². The number of nitrogens with zero attached hydrogens (tertiary/aromatic N) is 4. The number of amides is 1. The molecule has 1 fully saturated rings. The smallest absolute Gasteiger partial charge is 0.220 e. The van der Waals surface area contributed by atoms with Crippen molar-refractivity contribution in [1.29, 1.82) is 0 Å². The fourth-order valence-electron chi connectivity index (χ4n) is 6.73. The lowest BCUT2D eigenvalue weighted by atomic mass is 10.0. The lowest BCUT2D eigenvalue weighted by molar-refractivity contribution is -0.121. The Kier molecular flexibility index (Phi) is 10.5. The van der Waals surface area contributed by atoms with Gasteiger partial charge in [-0.25, -0.2) is 4.98 Å². The van der Waals surface area contributed by atoms with Crippen LogP contribution in [0, 0.1) is 13.8 Å². The van der Waals surface area contributed by atoms with Crippen LogP contribution in [0.15, 0.2) is 103 Å². The summed E-state index contributed by atoms with van der Waals surface area (Å²) in [6, 6.07) is 31.1. The predicted octanol–water partition coefficient (Wildman–Crippen LogP) is 5.82. The first-order chi connectivity index (χ1) is 23.7. The summed E-state index contributed by atoms with van der Waals surface area (Å²) < 4.78 is 2.00. The summed E-state index contributed by atoms with van der Waals surface area (Å²) in [6.07, 6.45) is 2.15. The zero-order chi connectivity index (χ0) is 34.3. The average Bonchev–Trinajstić information content (AvgIpc) is 3.47. The van der Waals surface area contributed by atoms with E-state index in [9.17, 15) is 20.1 Å². The standard InChI is InChI=1S/C40H45N5O4/c1-28-7-3-10-31(19-28)40-38(44(27-42-40)25-30-9-5-13-35(46)21-30)23-37(48)24-41-39(49)16-15-34-26-43(32-11-4-8-29(2)20-32)17-18-45(34)33-12-6-14-36(47)22-33/h3-14,19-22,27,34,37,46-48H,15-18,23-26H2,1-2H3,(H,41,49). The molecule has 1 aliphatic rings. The van der Waals surface area contributed by atoms with Crippen molar-refractivity contribution in [3.63, 3.8) is 0 Å². The normalized spacial score (nSPS) is 15.3. The van der Waals surface area contributed by atoms with Crippen molar-refractivity contribution in [2.75, 3.05) is 36.0 Å². The number of piperazine rings is 1. The van der Waals surface area contributed by atoms with Crippen molar-refractivity contribution < 1.29 is 20.1 Å². The number of carbonyl (C=O) groups is 1. The van der Waals surface area contributed by atoms with Gasteiger partial charge in [-0.3, -0.25) is 4.79 Å². The molecule has 2 heterocycles. The molecule has 1 amide bonds. The highest BCUT2D eigenvalue weighted by molar-refractivity contribution is 5.76. The minimum Gasteiger partial charge on any atom is -0.508 e. The van der Waals surface area contributed by atoms with Crippen LogP contribution in [-0.4, -0.2) is 69.1 Å². The minimum absolute atomic E-state index is 0.0513. The number of phenolic OH excluding ortho intramolecular Hbond substituents is 2. The molecule has 4 aromatic carbocycles. The number of imidazole rings is 1. The summed E-state index contributed by atoms with van der Waals surface area (Å²) in [4.78, 5) is 22.6. The van der Waals surface area contributed by atoms with Crippen molar-refractivity contribution >= 4 is 17.3 Å². The number of anilines is 2. The topological polar surface area (TPSA) is 114 Å². The summed E-state index contributed by atoms with van der Waals surface area (Å²) in [5.74, 6) is 0.301. The molecule has 4 N–H and O–H groups in total. The first-order valence-corrected chi connectivity index (χ1v) is 16.9. The fraction of sp³-hybridized carbons (Fsp3) is 0.300. The SMILES string of the molecule is Cc1cccc(-c2ncn(Cc3cccc(O)c3)c2CC(O)CNC(=O)CCC2CN(c3cccc(C)c3)CCN2c2cccc(O)c2)c1. The van der Waals surface area contributed by atoms with Crippen LogP contribution in [0.4, 0.5) is 11.4 Å². The lowest BCUT2D eigenvalue weighted by Crippen LogP contribution is -2.53. The molecule has 0 bridgehead atoms. The summed E-state index contributed by atoms with van der Waals surface area (Å²) in [5.41, 5.74) is 7.95. The van der Waals surface area contributed by atoms with Crippen LogP contribution in [0.25, 0.3) is 11.3 Å². The van der Waals surface area contributed by atoms with Crippen LogP contribution in [-0.2, 0) is 17.8 Å². The number of hydrogen-bond donors (Lipinski definition) is 4. The van der Waals surface area contributed by atoms with Crippen LogP contribution in [0.5, 0.6) is 11.5 Å². The van der Waals surface area contributed by atoms with Crippen molar-refractivity contribution in [3.8, 4) is 22.8 Å². The molecule has 6 rings (SSSR count). The van der Waals surface area contributed by atoms with Gasteiger partial charge >= 0.3 is 0 Å². The molecule has 1 aliphatic heterocycles. The molecule has 2 atom stereocenters. The largest absolute Gasteiger partial charge is 0.508 e. The summed E-state index contributed by atoms with van der Waals surface area (Å²) >= 11 is 0. The molecule has 9 heteroatoms. The van der Waals surface area contributed by atoms with Crippen molar-refractivity contribution in [3.05, 3.63) is 126 Å².